The van der Waals surface area contributed by atoms with Gasteiger partial charge in [0.25, 0.3) is 5.91 Å². The van der Waals surface area contributed by atoms with Gasteiger partial charge in [0.1, 0.15) is 31.4 Å². The Bertz CT molecular complexity index is 1270. The number of nitrogens with zero attached hydrogens (tertiary/aromatic N) is 2. The van der Waals surface area contributed by atoms with Crippen LogP contribution in [0, 0.1) is 0 Å². The second-order valence-electron chi connectivity index (χ2n) is 15.3. The molecular weight excluding hydrogens is 834 g/mol. The quantitative estimate of drug-likeness (QED) is 0.0305. The molecule has 22 nitrogen and oxygen atoms in total. The van der Waals surface area contributed by atoms with E-state index in [1.807, 2.05) is 20.6 Å². The third-order valence-corrected chi connectivity index (χ3v) is 10.1. The van der Waals surface area contributed by atoms with Crippen molar-refractivity contribution >= 4 is 36.8 Å². The van der Waals surface area contributed by atoms with Crippen molar-refractivity contribution in [3.63, 3.8) is 0 Å². The van der Waals surface area contributed by atoms with Crippen LogP contribution in [0.15, 0.2) is 0 Å². The smallest absolute Gasteiger partial charge is 0.332 e. The highest BCUT2D eigenvalue weighted by Crippen LogP contribution is 2.22. The lowest BCUT2D eigenvalue weighted by Crippen LogP contribution is -2.48. The van der Waals surface area contributed by atoms with Gasteiger partial charge < -0.3 is 79.6 Å². The van der Waals surface area contributed by atoms with E-state index in [0.29, 0.717) is 64.5 Å². The number of carbonyl (C=O) groups excluding carboxylic acids is 6. The van der Waals surface area contributed by atoms with Crippen molar-refractivity contribution in [2.24, 2.45) is 5.73 Å². The van der Waals surface area contributed by atoms with Gasteiger partial charge in [-0.15, -0.1) is 0 Å². The number of aliphatic hydroxyl groups is 4. The number of aliphatic hydroxyl groups excluding tert-OH is 4. The highest BCUT2D eigenvalue weighted by Gasteiger charge is 2.32. The summed E-state index contributed by atoms with van der Waals surface area (Å²) in [6, 6.07) is -0.486. The van der Waals surface area contributed by atoms with E-state index in [4.69, 9.17) is 43.8 Å². The Morgan fingerprint density at radius 1 is 0.889 bits per heavy atom. The average molecular weight is 910 g/mol. The SMILES string of the molecule is C=O.CCN(CC(=O)NCCOC1OCCCC1O)CC(=O)NC(CCO[C@@H]1CC[C@H](O)C(CO)O1)CO[C@H]1OC(C)CCC1O.CN(OC(=O)CCCCCN)C(=O)CCC=O. The van der Waals surface area contributed by atoms with E-state index in [-0.39, 0.29) is 89.1 Å². The summed E-state index contributed by atoms with van der Waals surface area (Å²) in [5, 5.41) is 46.1. The number of hydrogen-bond donors (Lipinski definition) is 7. The lowest BCUT2D eigenvalue weighted by molar-refractivity contribution is -0.241. The number of hydrogen-bond acceptors (Lipinski definition) is 19. The van der Waals surface area contributed by atoms with Crippen LogP contribution in [0.1, 0.15) is 97.3 Å². The Labute approximate surface area is 370 Å². The minimum absolute atomic E-state index is 0.00758. The molecule has 366 valence electrons. The Morgan fingerprint density at radius 3 is 2.29 bits per heavy atom. The van der Waals surface area contributed by atoms with E-state index in [1.165, 1.54) is 7.05 Å². The molecule has 0 spiro atoms. The molecule has 9 atom stereocenters. The third kappa shape index (κ3) is 25.7. The predicted molar refractivity (Wildman–Crippen MR) is 224 cm³/mol. The number of amides is 3. The summed E-state index contributed by atoms with van der Waals surface area (Å²) in [4.78, 5) is 72.6. The van der Waals surface area contributed by atoms with Crippen molar-refractivity contribution in [2.45, 2.75) is 153 Å². The summed E-state index contributed by atoms with van der Waals surface area (Å²) in [6.45, 7) is 7.74. The minimum Gasteiger partial charge on any atom is -0.394 e. The first kappa shape index (κ1) is 57.8. The summed E-state index contributed by atoms with van der Waals surface area (Å²) in [7, 11) is 1.37. The largest absolute Gasteiger partial charge is 0.394 e. The van der Waals surface area contributed by atoms with E-state index in [9.17, 15) is 44.4 Å². The molecule has 0 bridgehead atoms. The molecule has 0 radical (unpaired) electrons. The zero-order valence-electron chi connectivity index (χ0n) is 37.3. The molecule has 0 aromatic heterocycles. The number of aldehydes is 1. The van der Waals surface area contributed by atoms with Crippen molar-refractivity contribution in [3.8, 4) is 0 Å². The first-order valence-electron chi connectivity index (χ1n) is 21.9. The molecule has 8 N–H and O–H groups in total. The Hall–Kier alpha value is -3.26. The summed E-state index contributed by atoms with van der Waals surface area (Å²) in [6.07, 6.45) is 2.50. The van der Waals surface area contributed by atoms with Gasteiger partial charge in [-0.05, 0) is 71.4 Å². The van der Waals surface area contributed by atoms with Gasteiger partial charge in [-0.3, -0.25) is 19.3 Å². The van der Waals surface area contributed by atoms with Crippen LogP contribution in [0.3, 0.4) is 0 Å². The normalized spacial score (nSPS) is 25.0. The lowest BCUT2D eigenvalue weighted by Gasteiger charge is -2.34. The van der Waals surface area contributed by atoms with Crippen LogP contribution in [0.5, 0.6) is 0 Å². The average Bonchev–Trinajstić information content (AvgIpc) is 3.27. The first-order valence-corrected chi connectivity index (χ1v) is 21.9. The summed E-state index contributed by atoms with van der Waals surface area (Å²) in [5.74, 6) is -1.40. The van der Waals surface area contributed by atoms with Gasteiger partial charge in [0.15, 0.2) is 18.9 Å². The number of ether oxygens (including phenoxy) is 6. The molecular formula is C41H75N5O17. The molecule has 0 aliphatic carbocycles. The van der Waals surface area contributed by atoms with Gasteiger partial charge in [-0.25, -0.2) is 4.79 Å². The first-order chi connectivity index (χ1) is 30.3. The molecule has 3 aliphatic rings. The lowest BCUT2D eigenvalue weighted by atomic mass is 10.1. The zero-order chi connectivity index (χ0) is 47.0. The van der Waals surface area contributed by atoms with Gasteiger partial charge in [0.2, 0.25) is 11.8 Å². The Kier molecular flexibility index (Phi) is 32.1. The number of carbonyl (C=O) groups is 6. The molecule has 3 aliphatic heterocycles. The molecule has 3 fully saturated rings. The van der Waals surface area contributed by atoms with Crippen LogP contribution in [-0.2, 0) is 62.0 Å². The fourth-order valence-electron chi connectivity index (χ4n) is 6.42. The van der Waals surface area contributed by atoms with E-state index in [1.54, 1.807) is 4.90 Å². The third-order valence-electron chi connectivity index (χ3n) is 10.1. The molecule has 0 saturated carbocycles. The van der Waals surface area contributed by atoms with E-state index >= 15 is 0 Å². The monoisotopic (exact) mass is 910 g/mol. The van der Waals surface area contributed by atoms with Crippen LogP contribution in [0.25, 0.3) is 0 Å². The van der Waals surface area contributed by atoms with Crippen LogP contribution in [-0.4, -0.2) is 195 Å². The van der Waals surface area contributed by atoms with E-state index in [0.717, 1.165) is 30.7 Å². The van der Waals surface area contributed by atoms with Gasteiger partial charge in [-0.1, -0.05) is 13.3 Å². The molecule has 3 rings (SSSR count). The van der Waals surface area contributed by atoms with E-state index in [2.05, 4.69) is 10.6 Å². The molecule has 6 unspecified atom stereocenters. The van der Waals surface area contributed by atoms with Crippen molar-refractivity contribution in [2.75, 3.05) is 72.8 Å². The highest BCUT2D eigenvalue weighted by atomic mass is 16.7. The zero-order valence-corrected chi connectivity index (χ0v) is 37.3. The van der Waals surface area contributed by atoms with Crippen molar-refractivity contribution in [1.82, 2.24) is 20.6 Å². The molecule has 22 heteroatoms. The van der Waals surface area contributed by atoms with Crippen molar-refractivity contribution in [3.05, 3.63) is 0 Å². The number of nitrogens with one attached hydrogen (secondary N) is 2. The fraction of sp³-hybridized carbons (Fsp3) is 0.854. The highest BCUT2D eigenvalue weighted by molar-refractivity contribution is 5.81. The van der Waals surface area contributed by atoms with E-state index < -0.39 is 55.3 Å². The van der Waals surface area contributed by atoms with Crippen LogP contribution in [0.4, 0.5) is 0 Å². The number of hydroxylamine groups is 2. The molecule has 63 heavy (non-hydrogen) atoms. The number of rotatable bonds is 26. The Balaban J connectivity index is 0.000000877. The standard InChI is InChI=1S/C29H53N3O12.C11H20N2O4.CH2O/c1-3-32(15-25(37)30-11-14-41-28-22(35)5-4-12-40-28)16-26(38)31-20(18-42-29-23(36)7-6-19(2)43-29)10-13-39-27-9-8-21(34)24(17-33)44-27;1-13(10(15)6-5-9-14)17-11(16)7-3-2-4-8-12;1-2/h19-24,27-29,33-36H,3-18H2,1-2H3,(H,30,37)(H,31,38);9H,2-8,12H2,1H3;1H2/t19?,20?,21-,22?,23?,24?,27-,28?,29-;;/m0../s1. The van der Waals surface area contributed by atoms with Gasteiger partial charge in [0.05, 0.1) is 57.8 Å². The minimum atomic E-state index is -0.805. The number of unbranched alkanes of at least 4 members (excludes halogenated alkanes) is 2. The molecule has 0 aromatic carbocycles. The van der Waals surface area contributed by atoms with Crippen molar-refractivity contribution in [1.29, 1.82) is 0 Å². The number of likely N-dealkylation sites (N-methyl/N-ethyl adjacent to an activating group) is 1. The maximum atomic E-state index is 13.0. The van der Waals surface area contributed by atoms with Gasteiger partial charge in [-0.2, -0.15) is 5.06 Å². The Morgan fingerprint density at radius 2 is 1.60 bits per heavy atom. The second-order valence-corrected chi connectivity index (χ2v) is 15.3. The van der Waals surface area contributed by atoms with Gasteiger partial charge >= 0.3 is 5.97 Å². The van der Waals surface area contributed by atoms with Crippen LogP contribution in [0.2, 0.25) is 0 Å². The molecule has 3 heterocycles. The maximum absolute atomic E-state index is 13.0. The second kappa shape index (κ2) is 35.1. The van der Waals surface area contributed by atoms with Gasteiger partial charge in [0, 0.05) is 45.9 Å². The summed E-state index contributed by atoms with van der Waals surface area (Å²) in [5.41, 5.74) is 5.31. The van der Waals surface area contributed by atoms with Crippen LogP contribution >= 0.6 is 0 Å². The maximum Gasteiger partial charge on any atom is 0.332 e. The molecule has 3 amide bonds. The van der Waals surface area contributed by atoms with Crippen molar-refractivity contribution < 1.29 is 82.5 Å². The number of nitrogens with two attached hydrogens (primary N) is 1. The fourth-order valence-corrected chi connectivity index (χ4v) is 6.42. The summed E-state index contributed by atoms with van der Waals surface area (Å²) >= 11 is 0. The van der Waals surface area contributed by atoms with Crippen LogP contribution < -0.4 is 16.4 Å². The molecule has 3 saturated heterocycles. The summed E-state index contributed by atoms with van der Waals surface area (Å²) < 4.78 is 33.9. The molecule has 0 aromatic rings. The topological polar surface area (TPSA) is 305 Å². The predicted octanol–water partition coefficient (Wildman–Crippen LogP) is -1.19.